The molecule has 1 fully saturated rings. The normalized spacial score (nSPS) is 15.3. The molecule has 1 aliphatic rings. The first-order valence-electron chi connectivity index (χ1n) is 8.83. The number of aromatic amines is 1. The van der Waals surface area contributed by atoms with Crippen molar-refractivity contribution in [3.63, 3.8) is 0 Å². The van der Waals surface area contributed by atoms with Crippen molar-refractivity contribution in [2.75, 3.05) is 30.4 Å². The van der Waals surface area contributed by atoms with E-state index in [4.69, 9.17) is 0 Å². The van der Waals surface area contributed by atoms with E-state index in [2.05, 4.69) is 30.2 Å². The smallest absolute Gasteiger partial charge is 0.357 e. The first kappa shape index (κ1) is 17.6. The van der Waals surface area contributed by atoms with Crippen molar-refractivity contribution in [3.05, 3.63) is 30.1 Å². The zero-order chi connectivity index (χ0) is 19.0. The molecule has 3 aromatic heterocycles. The van der Waals surface area contributed by atoms with E-state index in [0.717, 1.165) is 37.9 Å². The highest BCUT2D eigenvalue weighted by molar-refractivity contribution is 5.94. The number of piperidine rings is 1. The molecule has 4 rings (SSSR count). The van der Waals surface area contributed by atoms with Crippen molar-refractivity contribution in [2.45, 2.75) is 25.4 Å². The lowest BCUT2D eigenvalue weighted by atomic mass is 10.1. The van der Waals surface area contributed by atoms with Gasteiger partial charge in [0.2, 0.25) is 5.95 Å². The number of nitrogens with zero attached hydrogens (tertiary/aromatic N) is 4. The molecule has 0 unspecified atom stereocenters. The van der Waals surface area contributed by atoms with E-state index in [9.17, 15) is 13.2 Å². The zero-order valence-electron chi connectivity index (χ0n) is 14.8. The second kappa shape index (κ2) is 6.71. The SMILES string of the molecule is CNc1ncc(C(F)(F)F)c(-c2c[nH]c3nc(N4CCCCC4)ccc23)n1. The summed E-state index contributed by atoms with van der Waals surface area (Å²) in [4.78, 5) is 17.6. The highest BCUT2D eigenvalue weighted by Gasteiger charge is 2.36. The Hall–Kier alpha value is -2.84. The van der Waals surface area contributed by atoms with Crippen molar-refractivity contribution in [3.8, 4) is 11.3 Å². The van der Waals surface area contributed by atoms with E-state index in [1.165, 1.54) is 12.6 Å². The van der Waals surface area contributed by atoms with Gasteiger partial charge >= 0.3 is 6.18 Å². The number of H-pyrrole nitrogens is 1. The van der Waals surface area contributed by atoms with Crippen molar-refractivity contribution >= 4 is 22.8 Å². The van der Waals surface area contributed by atoms with Gasteiger partial charge in [-0.05, 0) is 31.4 Å². The van der Waals surface area contributed by atoms with Gasteiger partial charge in [-0.25, -0.2) is 15.0 Å². The quantitative estimate of drug-likeness (QED) is 0.721. The van der Waals surface area contributed by atoms with Gasteiger partial charge in [-0.2, -0.15) is 13.2 Å². The largest absolute Gasteiger partial charge is 0.419 e. The van der Waals surface area contributed by atoms with E-state index in [0.29, 0.717) is 16.6 Å². The van der Waals surface area contributed by atoms with Crippen LogP contribution in [0.25, 0.3) is 22.3 Å². The van der Waals surface area contributed by atoms with Crippen molar-refractivity contribution in [1.29, 1.82) is 0 Å². The summed E-state index contributed by atoms with van der Waals surface area (Å²) in [7, 11) is 1.56. The second-order valence-electron chi connectivity index (χ2n) is 6.52. The predicted octanol–water partition coefficient (Wildman–Crippen LogP) is 4.07. The fraction of sp³-hybridized carbons (Fsp3) is 0.389. The Morgan fingerprint density at radius 2 is 1.89 bits per heavy atom. The van der Waals surface area contributed by atoms with Crippen LogP contribution in [0.3, 0.4) is 0 Å². The fourth-order valence-electron chi connectivity index (χ4n) is 3.40. The molecule has 3 aromatic rings. The molecule has 2 N–H and O–H groups in total. The number of halogens is 3. The molecule has 9 heteroatoms. The average Bonchev–Trinajstić information content (AvgIpc) is 3.10. The summed E-state index contributed by atoms with van der Waals surface area (Å²) >= 11 is 0. The molecular weight excluding hydrogens is 357 g/mol. The van der Waals surface area contributed by atoms with Gasteiger partial charge < -0.3 is 15.2 Å². The van der Waals surface area contributed by atoms with Crippen LogP contribution in [-0.4, -0.2) is 40.1 Å². The molecule has 0 atom stereocenters. The Balaban J connectivity index is 1.80. The highest BCUT2D eigenvalue weighted by atomic mass is 19.4. The number of nitrogens with one attached hydrogen (secondary N) is 2. The number of aromatic nitrogens is 4. The summed E-state index contributed by atoms with van der Waals surface area (Å²) in [6, 6.07) is 3.66. The Kier molecular flexibility index (Phi) is 4.37. The predicted molar refractivity (Wildman–Crippen MR) is 97.7 cm³/mol. The number of hydrogen-bond donors (Lipinski definition) is 2. The van der Waals surface area contributed by atoms with Gasteiger partial charge in [-0.3, -0.25) is 0 Å². The number of anilines is 2. The van der Waals surface area contributed by atoms with Crippen LogP contribution in [0, 0.1) is 0 Å². The first-order valence-corrected chi connectivity index (χ1v) is 8.83. The number of alkyl halides is 3. The van der Waals surface area contributed by atoms with Crippen molar-refractivity contribution < 1.29 is 13.2 Å². The van der Waals surface area contributed by atoms with E-state index in [1.807, 2.05) is 6.07 Å². The highest BCUT2D eigenvalue weighted by Crippen LogP contribution is 2.38. The van der Waals surface area contributed by atoms with Crippen molar-refractivity contribution in [1.82, 2.24) is 19.9 Å². The summed E-state index contributed by atoms with van der Waals surface area (Å²) in [6.07, 6.45) is 1.24. The molecular formula is C18H19F3N6. The molecule has 0 radical (unpaired) electrons. The summed E-state index contributed by atoms with van der Waals surface area (Å²) in [5.41, 5.74) is -0.136. The zero-order valence-corrected chi connectivity index (χ0v) is 14.8. The van der Waals surface area contributed by atoms with E-state index in [-0.39, 0.29) is 11.6 Å². The summed E-state index contributed by atoms with van der Waals surface area (Å²) in [5, 5.41) is 3.29. The molecule has 6 nitrogen and oxygen atoms in total. The fourth-order valence-corrected chi connectivity index (χ4v) is 3.40. The molecule has 0 aromatic carbocycles. The van der Waals surface area contributed by atoms with Gasteiger partial charge in [0.05, 0.1) is 5.69 Å². The lowest BCUT2D eigenvalue weighted by Gasteiger charge is -2.27. The van der Waals surface area contributed by atoms with Crippen LogP contribution >= 0.6 is 0 Å². The van der Waals surface area contributed by atoms with Crippen LogP contribution in [0.15, 0.2) is 24.5 Å². The second-order valence-corrected chi connectivity index (χ2v) is 6.52. The van der Waals surface area contributed by atoms with Gasteiger partial charge in [0.25, 0.3) is 0 Å². The monoisotopic (exact) mass is 376 g/mol. The molecule has 0 spiro atoms. The Bertz CT molecular complexity index is 959. The third-order valence-electron chi connectivity index (χ3n) is 4.78. The van der Waals surface area contributed by atoms with Crippen molar-refractivity contribution in [2.24, 2.45) is 0 Å². The van der Waals surface area contributed by atoms with Crippen LogP contribution in [0.5, 0.6) is 0 Å². The van der Waals surface area contributed by atoms with Gasteiger partial charge in [0, 0.05) is 43.5 Å². The lowest BCUT2D eigenvalue weighted by Crippen LogP contribution is -2.30. The molecule has 0 aliphatic carbocycles. The maximum absolute atomic E-state index is 13.5. The molecule has 1 saturated heterocycles. The Labute approximate surface area is 153 Å². The molecule has 0 bridgehead atoms. The Morgan fingerprint density at radius 3 is 2.59 bits per heavy atom. The molecule has 0 amide bonds. The summed E-state index contributed by atoms with van der Waals surface area (Å²) < 4.78 is 40.4. The number of pyridine rings is 1. The standard InChI is InChI=1S/C18H19F3N6/c1-22-17-24-10-13(18(19,20)21)15(26-17)12-9-23-16-11(12)5-6-14(25-16)27-7-3-2-4-8-27/h5-6,9-10H,2-4,7-8H2,1H3,(H,23,25)(H,22,24,26). The lowest BCUT2D eigenvalue weighted by molar-refractivity contribution is -0.137. The van der Waals surface area contributed by atoms with E-state index < -0.39 is 11.7 Å². The third kappa shape index (κ3) is 3.29. The van der Waals surface area contributed by atoms with Gasteiger partial charge in [0.15, 0.2) is 0 Å². The van der Waals surface area contributed by atoms with Crippen LogP contribution in [0.2, 0.25) is 0 Å². The molecule has 1 aliphatic heterocycles. The molecule has 142 valence electrons. The maximum atomic E-state index is 13.5. The molecule has 0 saturated carbocycles. The first-order chi connectivity index (χ1) is 13.0. The minimum absolute atomic E-state index is 0.130. The van der Waals surface area contributed by atoms with Gasteiger partial charge in [0.1, 0.15) is 17.0 Å². The van der Waals surface area contributed by atoms with Gasteiger partial charge in [-0.15, -0.1) is 0 Å². The van der Waals surface area contributed by atoms with Crippen LogP contribution < -0.4 is 10.2 Å². The summed E-state index contributed by atoms with van der Waals surface area (Å²) in [6.45, 7) is 1.89. The minimum Gasteiger partial charge on any atom is -0.357 e. The number of rotatable bonds is 3. The number of fused-ring (bicyclic) bond motifs is 1. The average molecular weight is 376 g/mol. The van der Waals surface area contributed by atoms with Crippen LogP contribution in [0.4, 0.5) is 24.9 Å². The topological polar surface area (TPSA) is 69.7 Å². The molecule has 4 heterocycles. The minimum atomic E-state index is -4.55. The Morgan fingerprint density at radius 1 is 1.11 bits per heavy atom. The van der Waals surface area contributed by atoms with E-state index in [1.54, 1.807) is 13.1 Å². The van der Waals surface area contributed by atoms with E-state index >= 15 is 0 Å². The van der Waals surface area contributed by atoms with Crippen LogP contribution in [-0.2, 0) is 6.18 Å². The maximum Gasteiger partial charge on any atom is 0.419 e. The number of hydrogen-bond acceptors (Lipinski definition) is 5. The third-order valence-corrected chi connectivity index (χ3v) is 4.78. The van der Waals surface area contributed by atoms with Crippen LogP contribution in [0.1, 0.15) is 24.8 Å². The summed E-state index contributed by atoms with van der Waals surface area (Å²) in [5.74, 6) is 0.968. The molecule has 27 heavy (non-hydrogen) atoms. The van der Waals surface area contributed by atoms with Gasteiger partial charge in [-0.1, -0.05) is 0 Å².